The number of carboxylic acid groups (broad SMARTS) is 1. The first-order valence-electron chi connectivity index (χ1n) is 7.88. The molecule has 0 aliphatic heterocycles. The monoisotopic (exact) mass is 333 g/mol. The molecule has 0 saturated heterocycles. The van der Waals surface area contributed by atoms with E-state index in [-0.39, 0.29) is 17.4 Å². The van der Waals surface area contributed by atoms with Gasteiger partial charge >= 0.3 is 6.09 Å². The number of carbonyl (C=O) groups excluding carboxylic acids is 1. The third-order valence-corrected chi connectivity index (χ3v) is 9.28. The Kier molecular flexibility index (Phi) is 6.33. The van der Waals surface area contributed by atoms with Crippen LogP contribution in [0, 0.1) is 11.8 Å². The minimum absolute atomic E-state index is 0.124. The lowest BCUT2D eigenvalue weighted by Gasteiger charge is -2.40. The molecule has 1 aromatic carbocycles. The second kappa shape index (κ2) is 7.59. The molecule has 1 rings (SSSR count). The van der Waals surface area contributed by atoms with Gasteiger partial charge in [-0.15, -0.1) is 0 Å². The Morgan fingerprint density at radius 3 is 2.09 bits per heavy atom. The Labute approximate surface area is 139 Å². The van der Waals surface area contributed by atoms with Crippen molar-refractivity contribution in [2.24, 2.45) is 11.8 Å². The maximum Gasteiger partial charge on any atom is 0.418 e. The average Bonchev–Trinajstić information content (AvgIpc) is 2.47. The third kappa shape index (κ3) is 4.10. The van der Waals surface area contributed by atoms with Gasteiger partial charge in [0.1, 0.15) is 0 Å². The van der Waals surface area contributed by atoms with Crippen molar-refractivity contribution in [3.8, 4) is 0 Å². The molecule has 2 atom stereocenters. The number of hydrogen-bond acceptors (Lipinski definition) is 2. The molecule has 5 heteroatoms. The van der Waals surface area contributed by atoms with Gasteiger partial charge < -0.3 is 5.11 Å². The van der Waals surface area contributed by atoms with Crippen LogP contribution >= 0.6 is 0 Å². The summed E-state index contributed by atoms with van der Waals surface area (Å²) in [4.78, 5) is 24.6. The lowest BCUT2D eigenvalue weighted by molar-refractivity contribution is -0.131. The molecule has 23 heavy (non-hydrogen) atoms. The van der Waals surface area contributed by atoms with Crippen molar-refractivity contribution >= 4 is 25.3 Å². The van der Waals surface area contributed by atoms with Crippen LogP contribution in [0.2, 0.25) is 18.6 Å². The maximum atomic E-state index is 12.6. The van der Waals surface area contributed by atoms with E-state index in [2.05, 4.69) is 45.7 Å². The van der Waals surface area contributed by atoms with Crippen molar-refractivity contribution in [2.45, 2.75) is 39.4 Å². The van der Waals surface area contributed by atoms with Gasteiger partial charge in [-0.3, -0.25) is 4.79 Å². The number of rotatable bonds is 6. The molecule has 126 valence electrons. The molecule has 2 amide bonds. The number of benzene rings is 1. The van der Waals surface area contributed by atoms with Gasteiger partial charge in [0.25, 0.3) is 0 Å². The predicted octanol–water partition coefficient (Wildman–Crippen LogP) is 3.91. The molecule has 0 spiro atoms. The van der Waals surface area contributed by atoms with E-state index in [0.29, 0.717) is 4.90 Å². The Morgan fingerprint density at radius 1 is 1.17 bits per heavy atom. The lowest BCUT2D eigenvalue weighted by atomic mass is 9.96. The van der Waals surface area contributed by atoms with Crippen LogP contribution in [0.5, 0.6) is 0 Å². The predicted molar refractivity (Wildman–Crippen MR) is 96.4 cm³/mol. The molecule has 0 saturated carbocycles. The van der Waals surface area contributed by atoms with Crippen molar-refractivity contribution in [3.05, 3.63) is 43.1 Å². The van der Waals surface area contributed by atoms with Crippen molar-refractivity contribution in [2.75, 3.05) is 0 Å². The Balaban J connectivity index is 3.23. The van der Waals surface area contributed by atoms with Gasteiger partial charge in [-0.1, -0.05) is 76.0 Å². The van der Waals surface area contributed by atoms with E-state index in [1.807, 2.05) is 25.1 Å². The van der Waals surface area contributed by atoms with Crippen LogP contribution < -0.4 is 5.19 Å². The molecular weight excluding hydrogens is 306 g/mol. The highest BCUT2D eigenvalue weighted by molar-refractivity contribution is 6.91. The highest BCUT2D eigenvalue weighted by Gasteiger charge is 2.43. The van der Waals surface area contributed by atoms with Crippen LogP contribution in [0.1, 0.15) is 20.8 Å². The van der Waals surface area contributed by atoms with Gasteiger partial charge in [0.2, 0.25) is 5.91 Å². The Morgan fingerprint density at radius 2 is 1.70 bits per heavy atom. The molecule has 0 aliphatic rings. The smallest absolute Gasteiger partial charge is 0.418 e. The fourth-order valence-electron chi connectivity index (χ4n) is 3.73. The fraction of sp³-hybridized carbons (Fsp3) is 0.444. The van der Waals surface area contributed by atoms with Crippen LogP contribution in [0.15, 0.2) is 43.1 Å². The normalized spacial score (nSPS) is 14.2. The van der Waals surface area contributed by atoms with Crippen LogP contribution in [-0.4, -0.2) is 30.1 Å². The molecule has 0 aromatic heterocycles. The van der Waals surface area contributed by atoms with Crippen molar-refractivity contribution < 1.29 is 14.7 Å². The zero-order valence-electron chi connectivity index (χ0n) is 14.6. The minimum Gasteiger partial charge on any atom is -0.464 e. The van der Waals surface area contributed by atoms with Crippen molar-refractivity contribution in [1.29, 1.82) is 0 Å². The molecule has 0 unspecified atom stereocenters. The SMILES string of the molecule is C=CN(C(=O)O)C(=O)[C@@H](C)[C@@H](C(C)C)[Si](C)(C)c1ccccc1. The molecule has 0 aliphatic carbocycles. The summed E-state index contributed by atoms with van der Waals surface area (Å²) in [5, 5.41) is 10.5. The van der Waals surface area contributed by atoms with E-state index in [0.717, 1.165) is 6.20 Å². The van der Waals surface area contributed by atoms with Gasteiger partial charge in [0, 0.05) is 12.1 Å². The largest absolute Gasteiger partial charge is 0.464 e. The highest BCUT2D eigenvalue weighted by Crippen LogP contribution is 2.37. The molecule has 1 aromatic rings. The summed E-state index contributed by atoms with van der Waals surface area (Å²) in [5.74, 6) is -0.509. The quantitative estimate of drug-likeness (QED) is 0.803. The van der Waals surface area contributed by atoms with Gasteiger partial charge in [0.05, 0.1) is 8.07 Å². The summed E-state index contributed by atoms with van der Waals surface area (Å²) >= 11 is 0. The first-order valence-corrected chi connectivity index (χ1v) is 11.0. The minimum atomic E-state index is -1.97. The second-order valence-corrected chi connectivity index (χ2v) is 11.5. The zero-order chi connectivity index (χ0) is 17.8. The summed E-state index contributed by atoms with van der Waals surface area (Å²) in [7, 11) is -1.97. The summed E-state index contributed by atoms with van der Waals surface area (Å²) in [6.07, 6.45) is -0.200. The molecule has 4 nitrogen and oxygen atoms in total. The topological polar surface area (TPSA) is 57.6 Å². The molecule has 0 bridgehead atoms. The number of imide groups is 1. The van der Waals surface area contributed by atoms with E-state index >= 15 is 0 Å². The van der Waals surface area contributed by atoms with Crippen LogP contribution in [0.4, 0.5) is 4.79 Å². The lowest BCUT2D eigenvalue weighted by Crippen LogP contribution is -2.52. The number of hydrogen-bond donors (Lipinski definition) is 1. The highest BCUT2D eigenvalue weighted by atomic mass is 28.3. The zero-order valence-corrected chi connectivity index (χ0v) is 15.6. The van der Waals surface area contributed by atoms with E-state index in [1.165, 1.54) is 5.19 Å². The Hall–Kier alpha value is -1.88. The first kappa shape index (κ1) is 19.2. The van der Waals surface area contributed by atoms with E-state index < -0.39 is 20.1 Å². The average molecular weight is 334 g/mol. The summed E-state index contributed by atoms with van der Waals surface area (Å²) in [6.45, 7) is 14.0. The summed E-state index contributed by atoms with van der Waals surface area (Å²) in [6, 6.07) is 10.2. The van der Waals surface area contributed by atoms with E-state index in [1.54, 1.807) is 0 Å². The van der Waals surface area contributed by atoms with Crippen LogP contribution in [0.3, 0.4) is 0 Å². The standard InChI is InChI=1S/C18H27NO3Si/c1-7-19(18(21)22)17(20)14(4)16(13(2)3)23(5,6)15-11-9-8-10-12-15/h7-14,16H,1H2,2-6H3,(H,21,22)/t14-,16+/m0/s1. The van der Waals surface area contributed by atoms with Crippen molar-refractivity contribution in [3.63, 3.8) is 0 Å². The van der Waals surface area contributed by atoms with E-state index in [4.69, 9.17) is 0 Å². The van der Waals surface area contributed by atoms with Crippen LogP contribution in [0.25, 0.3) is 0 Å². The fourth-order valence-corrected chi connectivity index (χ4v) is 8.23. The molecule has 0 fully saturated rings. The van der Waals surface area contributed by atoms with Crippen LogP contribution in [-0.2, 0) is 4.79 Å². The molecular formula is C18H27NO3Si. The number of carbonyl (C=O) groups is 2. The molecule has 1 N–H and O–H groups in total. The number of nitrogens with zero attached hydrogens (tertiary/aromatic N) is 1. The first-order chi connectivity index (χ1) is 10.6. The maximum absolute atomic E-state index is 12.6. The Bertz CT molecular complexity index is 569. The third-order valence-electron chi connectivity index (χ3n) is 4.62. The van der Waals surface area contributed by atoms with Gasteiger partial charge in [-0.25, -0.2) is 9.69 Å². The molecule has 0 radical (unpaired) electrons. The summed E-state index contributed by atoms with van der Waals surface area (Å²) < 4.78 is 0. The second-order valence-electron chi connectivity index (χ2n) is 6.82. The summed E-state index contributed by atoms with van der Waals surface area (Å²) in [5.41, 5.74) is 0.124. The molecule has 0 heterocycles. The number of amides is 2. The van der Waals surface area contributed by atoms with Gasteiger partial charge in [-0.2, -0.15) is 0 Å². The van der Waals surface area contributed by atoms with Gasteiger partial charge in [0.15, 0.2) is 0 Å². The van der Waals surface area contributed by atoms with E-state index in [9.17, 15) is 14.7 Å². The van der Waals surface area contributed by atoms with Crippen molar-refractivity contribution in [1.82, 2.24) is 4.90 Å². The van der Waals surface area contributed by atoms with Gasteiger partial charge in [-0.05, 0) is 11.5 Å².